The van der Waals surface area contributed by atoms with E-state index < -0.39 is 0 Å². The Kier molecular flexibility index (Phi) is 3.33. The minimum absolute atomic E-state index is 0.0173. The van der Waals surface area contributed by atoms with E-state index >= 15 is 0 Å². The third-order valence-corrected chi connectivity index (χ3v) is 4.98. The van der Waals surface area contributed by atoms with Crippen LogP contribution in [0.5, 0.6) is 0 Å². The highest BCUT2D eigenvalue weighted by molar-refractivity contribution is 5.75. The normalized spacial score (nSPS) is 41.8. The molecule has 96 valence electrons. The molecule has 2 heteroatoms. The zero-order chi connectivity index (χ0) is 12.7. The molecule has 2 aliphatic rings. The van der Waals surface area contributed by atoms with Crippen LogP contribution >= 0.6 is 0 Å². The Morgan fingerprint density at radius 1 is 1.18 bits per heavy atom. The Morgan fingerprint density at radius 2 is 1.82 bits per heavy atom. The summed E-state index contributed by atoms with van der Waals surface area (Å²) in [4.78, 5) is 12.1. The van der Waals surface area contributed by atoms with Gasteiger partial charge in [-0.2, -0.15) is 0 Å². The van der Waals surface area contributed by atoms with Gasteiger partial charge in [0.2, 0.25) is 0 Å². The zero-order valence-electron chi connectivity index (χ0n) is 11.6. The summed E-state index contributed by atoms with van der Waals surface area (Å²) in [6.07, 6.45) is 2.13. The lowest BCUT2D eigenvalue weighted by Crippen LogP contribution is -2.44. The summed E-state index contributed by atoms with van der Waals surface area (Å²) in [7, 11) is 0. The second kappa shape index (κ2) is 4.47. The third-order valence-electron chi connectivity index (χ3n) is 4.98. The molecule has 1 saturated carbocycles. The number of hydrogen-bond donors (Lipinski definition) is 0. The van der Waals surface area contributed by atoms with Gasteiger partial charge in [-0.05, 0) is 49.5 Å². The number of fused-ring (bicyclic) bond motifs is 1. The number of allylic oxidation sites excluding steroid dienone is 2. The number of esters is 1. The fourth-order valence-electron chi connectivity index (χ4n) is 3.51. The maximum absolute atomic E-state index is 12.1. The first-order valence-electron chi connectivity index (χ1n) is 6.79. The molecule has 17 heavy (non-hydrogen) atoms. The van der Waals surface area contributed by atoms with Gasteiger partial charge in [-0.15, -0.1) is 0 Å². The first-order valence-corrected chi connectivity index (χ1v) is 6.79. The molecule has 0 aromatic rings. The van der Waals surface area contributed by atoms with Crippen molar-refractivity contribution >= 4 is 5.97 Å². The van der Waals surface area contributed by atoms with E-state index in [9.17, 15) is 4.79 Å². The Balaban J connectivity index is 2.25. The standard InChI is InChI=1S/C15H24O2/c1-8(2)13-7-12-6-9(3)10(4)11(5)14(12)15(16)17-13/h9-12,14H,6-7H2,1-5H3. The Bertz CT molecular complexity index is 352. The van der Waals surface area contributed by atoms with E-state index in [1.54, 1.807) is 0 Å². The molecule has 5 unspecified atom stereocenters. The van der Waals surface area contributed by atoms with Gasteiger partial charge in [-0.1, -0.05) is 20.8 Å². The Hall–Kier alpha value is -0.790. The molecular weight excluding hydrogens is 212 g/mol. The fourth-order valence-corrected chi connectivity index (χ4v) is 3.51. The van der Waals surface area contributed by atoms with E-state index in [2.05, 4.69) is 20.8 Å². The summed E-state index contributed by atoms with van der Waals surface area (Å²) in [5.41, 5.74) is 1.15. The highest BCUT2D eigenvalue weighted by Gasteiger charge is 2.46. The van der Waals surface area contributed by atoms with Gasteiger partial charge in [0.25, 0.3) is 0 Å². The van der Waals surface area contributed by atoms with E-state index in [0.717, 1.165) is 23.7 Å². The van der Waals surface area contributed by atoms with Gasteiger partial charge >= 0.3 is 5.97 Å². The van der Waals surface area contributed by atoms with E-state index in [1.165, 1.54) is 6.42 Å². The van der Waals surface area contributed by atoms with Crippen molar-refractivity contribution in [3.63, 3.8) is 0 Å². The molecule has 0 spiro atoms. The minimum Gasteiger partial charge on any atom is -0.431 e. The van der Waals surface area contributed by atoms with Crippen LogP contribution in [0.3, 0.4) is 0 Å². The average molecular weight is 236 g/mol. The molecule has 1 aliphatic heterocycles. The number of carbonyl (C=O) groups excluding carboxylic acids is 1. The van der Waals surface area contributed by atoms with E-state index in [1.807, 2.05) is 13.8 Å². The maximum atomic E-state index is 12.1. The van der Waals surface area contributed by atoms with Crippen LogP contribution in [-0.2, 0) is 9.53 Å². The van der Waals surface area contributed by atoms with Crippen LogP contribution < -0.4 is 0 Å². The average Bonchev–Trinajstić information content (AvgIpc) is 2.25. The molecule has 0 aromatic carbocycles. The van der Waals surface area contributed by atoms with Crippen molar-refractivity contribution in [2.45, 2.75) is 47.5 Å². The molecule has 1 saturated heterocycles. The van der Waals surface area contributed by atoms with E-state index in [4.69, 9.17) is 4.74 Å². The lowest BCUT2D eigenvalue weighted by molar-refractivity contribution is -0.158. The summed E-state index contributed by atoms with van der Waals surface area (Å²) >= 11 is 0. The predicted molar refractivity (Wildman–Crippen MR) is 68.2 cm³/mol. The molecule has 0 amide bonds. The SMILES string of the molecule is CC(C)=C1CC2CC(C)C(C)C(C)C2C(=O)O1. The summed E-state index contributed by atoms with van der Waals surface area (Å²) in [6, 6.07) is 0. The van der Waals surface area contributed by atoms with Crippen molar-refractivity contribution in [3.8, 4) is 0 Å². The molecule has 1 aliphatic carbocycles. The van der Waals surface area contributed by atoms with Crippen LogP contribution in [0, 0.1) is 29.6 Å². The zero-order valence-corrected chi connectivity index (χ0v) is 11.6. The number of rotatable bonds is 0. The minimum atomic E-state index is 0.0173. The van der Waals surface area contributed by atoms with Crippen molar-refractivity contribution in [1.82, 2.24) is 0 Å². The molecule has 2 nitrogen and oxygen atoms in total. The highest BCUT2D eigenvalue weighted by atomic mass is 16.5. The smallest absolute Gasteiger partial charge is 0.314 e. The van der Waals surface area contributed by atoms with Crippen LogP contribution in [0.2, 0.25) is 0 Å². The Labute approximate surface area is 104 Å². The first kappa shape index (κ1) is 12.7. The van der Waals surface area contributed by atoms with Crippen LogP contribution in [0.1, 0.15) is 47.5 Å². The summed E-state index contributed by atoms with van der Waals surface area (Å²) in [5, 5.41) is 0. The molecule has 0 aromatic heterocycles. The van der Waals surface area contributed by atoms with Crippen LogP contribution in [0.15, 0.2) is 11.3 Å². The molecule has 0 N–H and O–H groups in total. The molecule has 0 radical (unpaired) electrons. The van der Waals surface area contributed by atoms with Gasteiger partial charge in [0, 0.05) is 6.42 Å². The van der Waals surface area contributed by atoms with Crippen molar-refractivity contribution in [2.75, 3.05) is 0 Å². The molecular formula is C15H24O2. The van der Waals surface area contributed by atoms with Crippen molar-refractivity contribution in [2.24, 2.45) is 29.6 Å². The van der Waals surface area contributed by atoms with Crippen molar-refractivity contribution in [3.05, 3.63) is 11.3 Å². The van der Waals surface area contributed by atoms with Crippen LogP contribution in [-0.4, -0.2) is 5.97 Å². The van der Waals surface area contributed by atoms with Gasteiger partial charge in [0.1, 0.15) is 5.76 Å². The second-order valence-electron chi connectivity index (χ2n) is 6.27. The van der Waals surface area contributed by atoms with Crippen molar-refractivity contribution in [1.29, 1.82) is 0 Å². The van der Waals surface area contributed by atoms with Gasteiger partial charge < -0.3 is 4.74 Å². The quantitative estimate of drug-likeness (QED) is 0.598. The summed E-state index contributed by atoms with van der Waals surface area (Å²) in [6.45, 7) is 10.9. The first-order chi connectivity index (χ1) is 7.91. The van der Waals surface area contributed by atoms with Gasteiger partial charge in [-0.3, -0.25) is 4.79 Å². The molecule has 1 heterocycles. The third kappa shape index (κ3) is 2.14. The summed E-state index contributed by atoms with van der Waals surface area (Å²) in [5.74, 6) is 3.36. The predicted octanol–water partition coefficient (Wildman–Crippen LogP) is 3.77. The van der Waals surface area contributed by atoms with E-state index in [0.29, 0.717) is 17.8 Å². The number of carbonyl (C=O) groups is 1. The second-order valence-corrected chi connectivity index (χ2v) is 6.27. The molecule has 0 bridgehead atoms. The number of hydrogen-bond acceptors (Lipinski definition) is 2. The van der Waals surface area contributed by atoms with E-state index in [-0.39, 0.29) is 11.9 Å². The van der Waals surface area contributed by atoms with Crippen LogP contribution in [0.4, 0.5) is 0 Å². The fraction of sp³-hybridized carbons (Fsp3) is 0.800. The van der Waals surface area contributed by atoms with Crippen molar-refractivity contribution < 1.29 is 9.53 Å². The van der Waals surface area contributed by atoms with Crippen LogP contribution in [0.25, 0.3) is 0 Å². The molecule has 2 fully saturated rings. The lowest BCUT2D eigenvalue weighted by Gasteiger charge is -2.45. The Morgan fingerprint density at radius 3 is 2.41 bits per heavy atom. The molecule has 2 rings (SSSR count). The maximum Gasteiger partial charge on any atom is 0.314 e. The van der Waals surface area contributed by atoms with Gasteiger partial charge in [-0.25, -0.2) is 0 Å². The number of ether oxygens (including phenoxy) is 1. The van der Waals surface area contributed by atoms with Gasteiger partial charge in [0.15, 0.2) is 0 Å². The largest absolute Gasteiger partial charge is 0.431 e. The topological polar surface area (TPSA) is 26.3 Å². The monoisotopic (exact) mass is 236 g/mol. The van der Waals surface area contributed by atoms with Gasteiger partial charge in [0.05, 0.1) is 5.92 Å². The summed E-state index contributed by atoms with van der Waals surface area (Å²) < 4.78 is 5.51. The highest BCUT2D eigenvalue weighted by Crippen LogP contribution is 2.47. The lowest BCUT2D eigenvalue weighted by atomic mass is 9.62. The number of cyclic esters (lactones) is 1. The molecule has 5 atom stereocenters.